The number of anilines is 1. The molecule has 0 fully saturated rings. The van der Waals surface area contributed by atoms with Gasteiger partial charge in [-0.15, -0.1) is 0 Å². The van der Waals surface area contributed by atoms with E-state index in [0.717, 1.165) is 13.0 Å². The zero-order valence-electron chi connectivity index (χ0n) is 12.0. The molecule has 0 aliphatic carbocycles. The Bertz CT molecular complexity index is 499. The molecule has 114 valence electrons. The van der Waals surface area contributed by atoms with E-state index in [0.29, 0.717) is 18.8 Å². The molecule has 0 bridgehead atoms. The van der Waals surface area contributed by atoms with Gasteiger partial charge in [0.2, 0.25) is 10.0 Å². The monoisotopic (exact) mass is 301 g/mol. The molecule has 0 radical (unpaired) electrons. The highest BCUT2D eigenvalue weighted by atomic mass is 32.2. The summed E-state index contributed by atoms with van der Waals surface area (Å²) >= 11 is 0. The molecule has 1 aromatic rings. The molecule has 1 rings (SSSR count). The van der Waals surface area contributed by atoms with Crippen molar-refractivity contribution in [2.75, 3.05) is 31.6 Å². The van der Waals surface area contributed by atoms with Crippen molar-refractivity contribution in [2.45, 2.75) is 31.6 Å². The smallest absolute Gasteiger partial charge is 0.243 e. The first-order valence-electron chi connectivity index (χ1n) is 6.87. The molecule has 2 N–H and O–H groups in total. The molecule has 0 aliphatic rings. The summed E-state index contributed by atoms with van der Waals surface area (Å²) in [6.07, 6.45) is 3.12. The molecule has 0 spiro atoms. The Morgan fingerprint density at radius 1 is 1.30 bits per heavy atom. The Kier molecular flexibility index (Phi) is 6.90. The van der Waals surface area contributed by atoms with Gasteiger partial charge >= 0.3 is 0 Å². The van der Waals surface area contributed by atoms with Gasteiger partial charge in [-0.25, -0.2) is 13.4 Å². The van der Waals surface area contributed by atoms with Crippen LogP contribution in [-0.2, 0) is 10.0 Å². The fraction of sp³-hybridized carbons (Fsp3) is 0.615. The summed E-state index contributed by atoms with van der Waals surface area (Å²) in [7, 11) is -3.58. The number of sulfonamides is 1. The van der Waals surface area contributed by atoms with E-state index in [1.54, 1.807) is 0 Å². The van der Waals surface area contributed by atoms with E-state index in [2.05, 4.69) is 10.3 Å². The minimum absolute atomic E-state index is 0.107. The van der Waals surface area contributed by atoms with Crippen molar-refractivity contribution in [3.63, 3.8) is 0 Å². The highest BCUT2D eigenvalue weighted by molar-refractivity contribution is 7.89. The second-order valence-corrected chi connectivity index (χ2v) is 6.37. The van der Waals surface area contributed by atoms with Crippen LogP contribution in [0.3, 0.4) is 0 Å². The summed E-state index contributed by atoms with van der Waals surface area (Å²) in [5.41, 5.74) is 0. The van der Waals surface area contributed by atoms with Crippen LogP contribution in [-0.4, -0.2) is 49.1 Å². The Hall–Kier alpha value is -1.18. The van der Waals surface area contributed by atoms with Crippen LogP contribution >= 0.6 is 0 Å². The summed E-state index contributed by atoms with van der Waals surface area (Å²) in [6, 6.07) is 3.01. The number of pyridine rings is 1. The van der Waals surface area contributed by atoms with Crippen molar-refractivity contribution in [1.82, 2.24) is 9.29 Å². The Morgan fingerprint density at radius 3 is 2.65 bits per heavy atom. The fourth-order valence-corrected chi connectivity index (χ4v) is 3.32. The van der Waals surface area contributed by atoms with Crippen molar-refractivity contribution in [2.24, 2.45) is 0 Å². The summed E-state index contributed by atoms with van der Waals surface area (Å²) < 4.78 is 26.3. The average molecular weight is 301 g/mol. The lowest BCUT2D eigenvalue weighted by Gasteiger charge is -2.20. The molecule has 0 amide bonds. The van der Waals surface area contributed by atoms with Crippen LogP contribution in [0, 0.1) is 0 Å². The van der Waals surface area contributed by atoms with E-state index in [9.17, 15) is 8.42 Å². The van der Waals surface area contributed by atoms with Crippen LogP contribution in [0.1, 0.15) is 26.7 Å². The van der Waals surface area contributed by atoms with Crippen LogP contribution in [0.2, 0.25) is 0 Å². The highest BCUT2D eigenvalue weighted by Crippen LogP contribution is 2.18. The predicted octanol–water partition coefficient (Wildman–Crippen LogP) is 1.30. The zero-order valence-corrected chi connectivity index (χ0v) is 12.9. The van der Waals surface area contributed by atoms with Gasteiger partial charge in [0.15, 0.2) is 0 Å². The number of hydrogen-bond acceptors (Lipinski definition) is 5. The molecule has 1 heterocycles. The molecule has 1 aromatic heterocycles. The third kappa shape index (κ3) is 4.43. The number of aromatic nitrogens is 1. The largest absolute Gasteiger partial charge is 0.395 e. The number of nitrogens with zero attached hydrogens (tertiary/aromatic N) is 2. The maximum absolute atomic E-state index is 12.5. The number of rotatable bonds is 9. The molecule has 0 aliphatic heterocycles. The quantitative estimate of drug-likeness (QED) is 0.718. The second-order valence-electron chi connectivity index (χ2n) is 4.43. The summed E-state index contributed by atoms with van der Waals surface area (Å²) in [5, 5.41) is 12.1. The molecule has 0 saturated heterocycles. The van der Waals surface area contributed by atoms with Gasteiger partial charge in [-0.2, -0.15) is 4.31 Å². The first kappa shape index (κ1) is 16.9. The molecule has 0 atom stereocenters. The molecule has 0 saturated carbocycles. The van der Waals surface area contributed by atoms with E-state index >= 15 is 0 Å². The lowest BCUT2D eigenvalue weighted by Crippen LogP contribution is -2.34. The van der Waals surface area contributed by atoms with E-state index in [4.69, 9.17) is 5.11 Å². The van der Waals surface area contributed by atoms with Crippen molar-refractivity contribution in [1.29, 1.82) is 0 Å². The third-order valence-corrected chi connectivity index (χ3v) is 4.64. The predicted molar refractivity (Wildman–Crippen MR) is 79.2 cm³/mol. The van der Waals surface area contributed by atoms with Gasteiger partial charge < -0.3 is 10.4 Å². The first-order chi connectivity index (χ1) is 9.56. The number of aliphatic hydroxyl groups excluding tert-OH is 1. The minimum Gasteiger partial charge on any atom is -0.395 e. The first-order valence-corrected chi connectivity index (χ1v) is 8.31. The molecule has 0 unspecified atom stereocenters. The normalized spacial score (nSPS) is 11.8. The molecule has 6 nitrogen and oxygen atoms in total. The lowest BCUT2D eigenvalue weighted by atomic mass is 10.4. The van der Waals surface area contributed by atoms with Gasteiger partial charge in [0, 0.05) is 31.9 Å². The van der Waals surface area contributed by atoms with Gasteiger partial charge in [-0.05, 0) is 18.9 Å². The van der Waals surface area contributed by atoms with Crippen molar-refractivity contribution >= 4 is 15.8 Å². The lowest BCUT2D eigenvalue weighted by molar-refractivity contribution is 0.253. The maximum Gasteiger partial charge on any atom is 0.243 e. The summed E-state index contributed by atoms with van der Waals surface area (Å²) in [6.45, 7) is 4.98. The molecule has 0 aromatic carbocycles. The van der Waals surface area contributed by atoms with E-state index < -0.39 is 10.0 Å². The van der Waals surface area contributed by atoms with Crippen LogP contribution in [0.25, 0.3) is 0 Å². The van der Waals surface area contributed by atoms with Crippen LogP contribution in [0.4, 0.5) is 5.82 Å². The third-order valence-electron chi connectivity index (χ3n) is 2.75. The molecule has 20 heavy (non-hydrogen) atoms. The Balaban J connectivity index is 3.00. The van der Waals surface area contributed by atoms with Crippen molar-refractivity contribution in [3.05, 3.63) is 18.3 Å². The topological polar surface area (TPSA) is 82.5 Å². The summed E-state index contributed by atoms with van der Waals surface area (Å²) in [5.74, 6) is 0.549. The number of aliphatic hydroxyl groups is 1. The second kappa shape index (κ2) is 8.18. The fourth-order valence-electron chi connectivity index (χ4n) is 1.78. The highest BCUT2D eigenvalue weighted by Gasteiger charge is 2.23. The van der Waals surface area contributed by atoms with Gasteiger partial charge in [0.1, 0.15) is 5.82 Å². The van der Waals surface area contributed by atoms with E-state index in [1.807, 2.05) is 13.8 Å². The molecule has 7 heteroatoms. The van der Waals surface area contributed by atoms with Gasteiger partial charge in [0.05, 0.1) is 11.5 Å². The molecular weight excluding hydrogens is 278 g/mol. The summed E-state index contributed by atoms with van der Waals surface area (Å²) in [4.78, 5) is 4.30. The SMILES string of the molecule is CCCNc1cc(S(=O)(=O)N(CCC)CCO)ccn1. The van der Waals surface area contributed by atoms with Crippen molar-refractivity contribution < 1.29 is 13.5 Å². The minimum atomic E-state index is -3.58. The standard InChI is InChI=1S/C13H23N3O3S/c1-3-6-14-13-11-12(5-7-15-13)20(18,19)16(8-4-2)9-10-17/h5,7,11,17H,3-4,6,8-10H2,1-2H3,(H,14,15). The number of nitrogens with one attached hydrogen (secondary N) is 1. The zero-order chi connectivity index (χ0) is 15.0. The van der Waals surface area contributed by atoms with Crippen LogP contribution < -0.4 is 5.32 Å². The average Bonchev–Trinajstić information content (AvgIpc) is 2.45. The Labute approximate surface area is 120 Å². The van der Waals surface area contributed by atoms with E-state index in [1.165, 1.54) is 22.6 Å². The van der Waals surface area contributed by atoms with E-state index in [-0.39, 0.29) is 18.0 Å². The van der Waals surface area contributed by atoms with Gasteiger partial charge in [0.25, 0.3) is 0 Å². The van der Waals surface area contributed by atoms with Crippen molar-refractivity contribution in [3.8, 4) is 0 Å². The van der Waals surface area contributed by atoms with Gasteiger partial charge in [-0.1, -0.05) is 13.8 Å². The Morgan fingerprint density at radius 2 is 2.05 bits per heavy atom. The maximum atomic E-state index is 12.5. The van der Waals surface area contributed by atoms with Crippen LogP contribution in [0.5, 0.6) is 0 Å². The van der Waals surface area contributed by atoms with Gasteiger partial charge in [-0.3, -0.25) is 0 Å². The number of hydrogen-bond donors (Lipinski definition) is 2. The molecular formula is C13H23N3O3S. The van der Waals surface area contributed by atoms with Crippen LogP contribution in [0.15, 0.2) is 23.2 Å².